The number of ether oxygens (including phenoxy) is 1. The third-order valence-corrected chi connectivity index (χ3v) is 7.47. The molecule has 1 N–H and O–H groups in total. The normalized spacial score (nSPS) is 17.5. The summed E-state index contributed by atoms with van der Waals surface area (Å²) in [7, 11) is -2.47. The van der Waals surface area contributed by atoms with Crippen molar-refractivity contribution in [2.45, 2.75) is 41.9 Å². The summed E-state index contributed by atoms with van der Waals surface area (Å²) in [4.78, 5) is 17.6. The van der Waals surface area contributed by atoms with Crippen LogP contribution in [0, 0.1) is 0 Å². The van der Waals surface area contributed by atoms with Gasteiger partial charge in [-0.25, -0.2) is 13.1 Å². The minimum absolute atomic E-state index is 0.0553. The van der Waals surface area contributed by atoms with Crippen molar-refractivity contribution in [2.24, 2.45) is 0 Å². The molecule has 1 amide bonds. The number of nitrogens with zero attached hydrogens (tertiary/aromatic N) is 1. The second-order valence-corrected chi connectivity index (χ2v) is 9.69. The molecule has 0 saturated heterocycles. The average molecular weight is 423 g/mol. The first-order valence-electron chi connectivity index (χ1n) is 10.0. The lowest BCUT2D eigenvalue weighted by atomic mass is 9.88. The molecule has 2 aliphatic carbocycles. The first kappa shape index (κ1) is 19.1. The van der Waals surface area contributed by atoms with Crippen molar-refractivity contribution >= 4 is 26.8 Å². The molecule has 2 saturated carbocycles. The SMILES string of the molecule is COc1cccc(C2CC2)c1C1(C(=O)NS(=O)(=O)c2cccc3ncccc23)CC1. The van der Waals surface area contributed by atoms with Gasteiger partial charge in [-0.3, -0.25) is 9.78 Å². The Morgan fingerprint density at radius 1 is 1.10 bits per heavy atom. The van der Waals surface area contributed by atoms with Crippen molar-refractivity contribution in [3.05, 3.63) is 65.9 Å². The van der Waals surface area contributed by atoms with Crippen LogP contribution in [0.3, 0.4) is 0 Å². The van der Waals surface area contributed by atoms with Gasteiger partial charge in [0.05, 0.1) is 22.9 Å². The van der Waals surface area contributed by atoms with Gasteiger partial charge in [0.1, 0.15) is 5.75 Å². The first-order valence-corrected chi connectivity index (χ1v) is 11.5. The number of sulfonamides is 1. The Bertz CT molecular complexity index is 1260. The van der Waals surface area contributed by atoms with Crippen molar-refractivity contribution in [2.75, 3.05) is 7.11 Å². The molecule has 0 unspecified atom stereocenters. The molecule has 1 aromatic heterocycles. The van der Waals surface area contributed by atoms with E-state index in [0.717, 1.165) is 24.0 Å². The van der Waals surface area contributed by atoms with Crippen LogP contribution in [0.15, 0.2) is 59.6 Å². The number of hydrogen-bond acceptors (Lipinski definition) is 5. The number of carbonyl (C=O) groups excluding carboxylic acids is 1. The van der Waals surface area contributed by atoms with Crippen LogP contribution < -0.4 is 9.46 Å². The zero-order chi connectivity index (χ0) is 20.9. The highest BCUT2D eigenvalue weighted by Gasteiger charge is 2.55. The summed E-state index contributed by atoms with van der Waals surface area (Å²) >= 11 is 0. The Morgan fingerprint density at radius 2 is 1.87 bits per heavy atom. The molecule has 0 aliphatic heterocycles. The lowest BCUT2D eigenvalue weighted by Crippen LogP contribution is -2.39. The Labute approximate surface area is 175 Å². The fourth-order valence-electron chi connectivity index (χ4n) is 4.26. The van der Waals surface area contributed by atoms with Crippen LogP contribution in [0.1, 0.15) is 42.7 Å². The number of hydrogen-bond donors (Lipinski definition) is 1. The monoisotopic (exact) mass is 422 g/mol. The van der Waals surface area contributed by atoms with Crippen LogP contribution in [-0.4, -0.2) is 26.4 Å². The van der Waals surface area contributed by atoms with Crippen molar-refractivity contribution < 1.29 is 17.9 Å². The summed E-state index contributed by atoms with van der Waals surface area (Å²) in [6.45, 7) is 0. The summed E-state index contributed by atoms with van der Waals surface area (Å²) in [5.41, 5.74) is 1.66. The highest BCUT2D eigenvalue weighted by molar-refractivity contribution is 7.90. The van der Waals surface area contributed by atoms with Gasteiger partial charge in [-0.15, -0.1) is 0 Å². The van der Waals surface area contributed by atoms with Crippen LogP contribution in [0.5, 0.6) is 5.75 Å². The smallest absolute Gasteiger partial charge is 0.264 e. The van der Waals surface area contributed by atoms with Gasteiger partial charge in [0, 0.05) is 17.1 Å². The lowest BCUT2D eigenvalue weighted by Gasteiger charge is -2.22. The first-order chi connectivity index (χ1) is 14.5. The number of amides is 1. The maximum Gasteiger partial charge on any atom is 0.264 e. The highest BCUT2D eigenvalue weighted by atomic mass is 32.2. The van der Waals surface area contributed by atoms with Gasteiger partial charge in [0.2, 0.25) is 5.91 Å². The summed E-state index contributed by atoms with van der Waals surface area (Å²) in [5, 5.41) is 0.487. The van der Waals surface area contributed by atoms with Gasteiger partial charge >= 0.3 is 0 Å². The van der Waals surface area contributed by atoms with Crippen molar-refractivity contribution in [1.29, 1.82) is 0 Å². The number of fused-ring (bicyclic) bond motifs is 1. The van der Waals surface area contributed by atoms with E-state index in [1.165, 1.54) is 6.07 Å². The van der Waals surface area contributed by atoms with Crippen LogP contribution >= 0.6 is 0 Å². The van der Waals surface area contributed by atoms with Gasteiger partial charge < -0.3 is 4.74 Å². The zero-order valence-electron chi connectivity index (χ0n) is 16.6. The van der Waals surface area contributed by atoms with Gasteiger partial charge in [0.15, 0.2) is 0 Å². The summed E-state index contributed by atoms with van der Waals surface area (Å²) in [6, 6.07) is 14.1. The van der Waals surface area contributed by atoms with Crippen LogP contribution in [0.4, 0.5) is 0 Å². The van der Waals surface area contributed by atoms with Crippen molar-refractivity contribution in [3.8, 4) is 5.75 Å². The summed E-state index contributed by atoms with van der Waals surface area (Å²) in [5.74, 6) is 0.578. The summed E-state index contributed by atoms with van der Waals surface area (Å²) in [6.07, 6.45) is 4.98. The molecule has 2 aliphatic rings. The Balaban J connectivity index is 1.53. The van der Waals surface area contributed by atoms with Crippen LogP contribution in [-0.2, 0) is 20.2 Å². The number of carbonyl (C=O) groups is 1. The van der Waals surface area contributed by atoms with Crippen LogP contribution in [0.25, 0.3) is 10.9 Å². The number of benzene rings is 2. The molecule has 30 heavy (non-hydrogen) atoms. The molecule has 154 valence electrons. The molecule has 2 aromatic carbocycles. The van der Waals surface area contributed by atoms with E-state index in [9.17, 15) is 13.2 Å². The molecule has 7 heteroatoms. The number of rotatable bonds is 6. The predicted octanol–water partition coefficient (Wildman–Crippen LogP) is 3.66. The molecular formula is C23H22N2O4S. The maximum absolute atomic E-state index is 13.4. The van der Waals surface area contributed by atoms with Gasteiger partial charge in [-0.1, -0.05) is 18.2 Å². The minimum Gasteiger partial charge on any atom is -0.496 e. The molecular weight excluding hydrogens is 400 g/mol. The van der Waals surface area contributed by atoms with E-state index in [1.807, 2.05) is 18.2 Å². The van der Waals surface area contributed by atoms with E-state index in [2.05, 4.69) is 9.71 Å². The maximum atomic E-state index is 13.4. The van der Waals surface area contributed by atoms with Gasteiger partial charge in [0.25, 0.3) is 10.0 Å². The molecule has 3 aromatic rings. The zero-order valence-corrected chi connectivity index (χ0v) is 17.4. The van der Waals surface area contributed by atoms with E-state index in [0.29, 0.717) is 35.4 Å². The molecule has 6 nitrogen and oxygen atoms in total. The fourth-order valence-corrected chi connectivity index (χ4v) is 5.53. The Morgan fingerprint density at radius 3 is 2.57 bits per heavy atom. The largest absolute Gasteiger partial charge is 0.496 e. The third-order valence-electron chi connectivity index (χ3n) is 6.08. The second-order valence-electron chi connectivity index (χ2n) is 8.04. The lowest BCUT2D eigenvalue weighted by molar-refractivity contribution is -0.121. The molecule has 5 rings (SSSR count). The second kappa shape index (κ2) is 6.80. The van der Waals surface area contributed by atoms with E-state index >= 15 is 0 Å². The molecule has 2 fully saturated rings. The third kappa shape index (κ3) is 3.04. The average Bonchev–Trinajstić information content (AvgIpc) is 3.66. The Kier molecular flexibility index (Phi) is 4.32. The van der Waals surface area contributed by atoms with Crippen molar-refractivity contribution in [1.82, 2.24) is 9.71 Å². The quantitative estimate of drug-likeness (QED) is 0.655. The molecule has 0 atom stereocenters. The van der Waals surface area contributed by atoms with E-state index in [-0.39, 0.29) is 4.90 Å². The van der Waals surface area contributed by atoms with Gasteiger partial charge in [-0.2, -0.15) is 0 Å². The van der Waals surface area contributed by atoms with Gasteiger partial charge in [-0.05, 0) is 67.5 Å². The molecule has 1 heterocycles. The molecule has 0 spiro atoms. The highest BCUT2D eigenvalue weighted by Crippen LogP contribution is 2.56. The predicted molar refractivity (Wildman–Crippen MR) is 113 cm³/mol. The number of pyridine rings is 1. The fraction of sp³-hybridized carbons (Fsp3) is 0.304. The topological polar surface area (TPSA) is 85.4 Å². The van der Waals surface area contributed by atoms with E-state index < -0.39 is 21.3 Å². The Hall–Kier alpha value is -2.93. The number of methoxy groups -OCH3 is 1. The summed E-state index contributed by atoms with van der Waals surface area (Å²) < 4.78 is 34.2. The minimum atomic E-state index is -4.05. The van der Waals surface area contributed by atoms with E-state index in [1.54, 1.807) is 37.6 Å². The van der Waals surface area contributed by atoms with Crippen molar-refractivity contribution in [3.63, 3.8) is 0 Å². The van der Waals surface area contributed by atoms with Crippen LogP contribution in [0.2, 0.25) is 0 Å². The standard InChI is InChI=1S/C23H22N2O4S/c1-29-19-8-2-5-16(15-10-11-15)21(19)23(12-13-23)22(26)25-30(27,28)20-9-3-7-18-17(20)6-4-14-24-18/h2-9,14-15H,10-13H2,1H3,(H,25,26). The number of nitrogens with one attached hydrogen (secondary N) is 1. The molecule has 0 radical (unpaired) electrons. The number of aromatic nitrogens is 1. The molecule has 0 bridgehead atoms. The van der Waals surface area contributed by atoms with E-state index in [4.69, 9.17) is 4.74 Å².